The predicted molar refractivity (Wildman–Crippen MR) is 77.1 cm³/mol. The Morgan fingerprint density at radius 3 is 1.84 bits per heavy atom. The van der Waals surface area contributed by atoms with Gasteiger partial charge in [-0.05, 0) is 18.1 Å². The van der Waals surface area contributed by atoms with Crippen LogP contribution in [0.4, 0.5) is 0 Å². The Bertz CT molecular complexity index is 486. The molecule has 0 saturated carbocycles. The summed E-state index contributed by atoms with van der Waals surface area (Å²) in [6, 6.07) is 18.3. The summed E-state index contributed by atoms with van der Waals surface area (Å²) in [6.45, 7) is 2.00. The van der Waals surface area contributed by atoms with Crippen LogP contribution in [0.2, 0.25) is 0 Å². The fourth-order valence-corrected chi connectivity index (χ4v) is 2.44. The third-order valence-corrected chi connectivity index (χ3v) is 3.54. The molecule has 0 fully saturated rings. The number of rotatable bonds is 5. The Hall–Kier alpha value is -1.64. The van der Waals surface area contributed by atoms with Gasteiger partial charge in [0.2, 0.25) is 0 Å². The van der Waals surface area contributed by atoms with Gasteiger partial charge in [-0.3, -0.25) is 0 Å². The second-order valence-corrected chi connectivity index (χ2v) is 4.92. The van der Waals surface area contributed by atoms with Gasteiger partial charge in [0.25, 0.3) is 0 Å². The zero-order chi connectivity index (χ0) is 13.7. The average molecular weight is 256 g/mol. The standard InChI is InChI=1S/C17H20O2/c1-13-7-9-15(10-8-13)17(16(11-18)12-19)14-5-3-2-4-6-14/h2-10,16-19H,11-12H2,1H3. The van der Waals surface area contributed by atoms with E-state index < -0.39 is 0 Å². The van der Waals surface area contributed by atoms with E-state index in [1.165, 1.54) is 5.56 Å². The summed E-state index contributed by atoms with van der Waals surface area (Å²) in [6.07, 6.45) is 0. The van der Waals surface area contributed by atoms with Gasteiger partial charge in [-0.25, -0.2) is 0 Å². The lowest BCUT2D eigenvalue weighted by Crippen LogP contribution is -2.21. The van der Waals surface area contributed by atoms with Crippen molar-refractivity contribution in [1.82, 2.24) is 0 Å². The molecule has 1 unspecified atom stereocenters. The minimum Gasteiger partial charge on any atom is -0.396 e. The van der Waals surface area contributed by atoms with E-state index in [4.69, 9.17) is 0 Å². The maximum absolute atomic E-state index is 9.51. The van der Waals surface area contributed by atoms with Crippen molar-refractivity contribution in [1.29, 1.82) is 0 Å². The molecule has 100 valence electrons. The molecule has 0 aliphatic carbocycles. The molecule has 2 aromatic carbocycles. The normalized spacial score (nSPS) is 12.6. The van der Waals surface area contributed by atoms with Gasteiger partial charge in [0, 0.05) is 25.0 Å². The maximum atomic E-state index is 9.51. The molecule has 0 aliphatic heterocycles. The first-order valence-corrected chi connectivity index (χ1v) is 6.59. The number of aryl methyl sites for hydroxylation is 1. The molecule has 2 rings (SSSR count). The SMILES string of the molecule is Cc1ccc(C(c2ccccc2)C(CO)CO)cc1. The van der Waals surface area contributed by atoms with E-state index in [1.54, 1.807) is 0 Å². The monoisotopic (exact) mass is 256 g/mol. The fraction of sp³-hybridized carbons (Fsp3) is 0.294. The van der Waals surface area contributed by atoms with E-state index in [0.29, 0.717) is 0 Å². The maximum Gasteiger partial charge on any atom is 0.0490 e. The molecule has 1 atom stereocenters. The van der Waals surface area contributed by atoms with Crippen molar-refractivity contribution in [2.24, 2.45) is 5.92 Å². The van der Waals surface area contributed by atoms with Crippen LogP contribution >= 0.6 is 0 Å². The van der Waals surface area contributed by atoms with E-state index in [2.05, 4.69) is 31.2 Å². The van der Waals surface area contributed by atoms with Gasteiger partial charge in [-0.15, -0.1) is 0 Å². The van der Waals surface area contributed by atoms with Crippen molar-refractivity contribution in [3.8, 4) is 0 Å². The van der Waals surface area contributed by atoms with Gasteiger partial charge in [-0.1, -0.05) is 60.2 Å². The van der Waals surface area contributed by atoms with Gasteiger partial charge in [-0.2, -0.15) is 0 Å². The number of hydrogen-bond donors (Lipinski definition) is 2. The van der Waals surface area contributed by atoms with Crippen molar-refractivity contribution in [2.75, 3.05) is 13.2 Å². The summed E-state index contributed by atoms with van der Waals surface area (Å²) in [7, 11) is 0. The summed E-state index contributed by atoms with van der Waals surface area (Å²) in [5, 5.41) is 19.0. The highest BCUT2D eigenvalue weighted by Crippen LogP contribution is 2.31. The molecule has 0 bridgehead atoms. The highest BCUT2D eigenvalue weighted by molar-refractivity contribution is 5.34. The molecule has 2 heteroatoms. The molecule has 2 nitrogen and oxygen atoms in total. The van der Waals surface area contributed by atoms with Crippen molar-refractivity contribution in [3.05, 3.63) is 71.3 Å². The molecule has 0 saturated heterocycles. The van der Waals surface area contributed by atoms with Crippen LogP contribution in [0.3, 0.4) is 0 Å². The van der Waals surface area contributed by atoms with Gasteiger partial charge >= 0.3 is 0 Å². The van der Waals surface area contributed by atoms with Gasteiger partial charge in [0.15, 0.2) is 0 Å². The van der Waals surface area contributed by atoms with Crippen molar-refractivity contribution in [2.45, 2.75) is 12.8 Å². The summed E-state index contributed by atoms with van der Waals surface area (Å²) in [5.74, 6) is -0.151. The van der Waals surface area contributed by atoms with Crippen LogP contribution in [0.5, 0.6) is 0 Å². The molecule has 2 aromatic rings. The molecule has 2 N–H and O–H groups in total. The van der Waals surface area contributed by atoms with Crippen molar-refractivity contribution >= 4 is 0 Å². The fourth-order valence-electron chi connectivity index (χ4n) is 2.44. The third-order valence-electron chi connectivity index (χ3n) is 3.54. The number of aliphatic hydroxyl groups is 2. The third kappa shape index (κ3) is 3.22. The number of aliphatic hydroxyl groups excluding tert-OH is 2. The van der Waals surface area contributed by atoms with Crippen LogP contribution in [-0.2, 0) is 0 Å². The Labute approximate surface area is 114 Å². The smallest absolute Gasteiger partial charge is 0.0490 e. The molecular weight excluding hydrogens is 236 g/mol. The second-order valence-electron chi connectivity index (χ2n) is 4.92. The van der Waals surface area contributed by atoms with E-state index in [1.807, 2.05) is 30.3 Å². The Balaban J connectivity index is 2.42. The molecule has 0 aromatic heterocycles. The van der Waals surface area contributed by atoms with E-state index in [9.17, 15) is 10.2 Å². The van der Waals surface area contributed by atoms with E-state index in [-0.39, 0.29) is 25.0 Å². The lowest BCUT2D eigenvalue weighted by atomic mass is 9.81. The summed E-state index contributed by atoms with van der Waals surface area (Å²) in [4.78, 5) is 0. The average Bonchev–Trinajstić information content (AvgIpc) is 2.47. The molecule has 0 spiro atoms. The summed E-state index contributed by atoms with van der Waals surface area (Å²) in [5.41, 5.74) is 3.46. The Morgan fingerprint density at radius 2 is 1.32 bits per heavy atom. The lowest BCUT2D eigenvalue weighted by molar-refractivity contribution is 0.139. The molecule has 0 aliphatic rings. The van der Waals surface area contributed by atoms with Crippen LogP contribution in [0.1, 0.15) is 22.6 Å². The molecular formula is C17H20O2. The van der Waals surface area contributed by atoms with Gasteiger partial charge in [0.1, 0.15) is 0 Å². The molecule has 0 radical (unpaired) electrons. The minimum atomic E-state index is -0.176. The molecule has 0 amide bonds. The summed E-state index contributed by atoms with van der Waals surface area (Å²) < 4.78 is 0. The lowest BCUT2D eigenvalue weighted by Gasteiger charge is -2.25. The summed E-state index contributed by atoms with van der Waals surface area (Å²) >= 11 is 0. The van der Waals surface area contributed by atoms with Gasteiger partial charge < -0.3 is 10.2 Å². The zero-order valence-corrected chi connectivity index (χ0v) is 11.2. The first-order chi connectivity index (χ1) is 9.26. The zero-order valence-electron chi connectivity index (χ0n) is 11.2. The minimum absolute atomic E-state index is 0.0239. The Morgan fingerprint density at radius 1 is 0.789 bits per heavy atom. The van der Waals surface area contributed by atoms with Crippen LogP contribution in [0, 0.1) is 12.8 Å². The predicted octanol–water partition coefficient (Wildman–Crippen LogP) is 2.73. The highest BCUT2D eigenvalue weighted by atomic mass is 16.3. The van der Waals surface area contributed by atoms with E-state index in [0.717, 1.165) is 11.1 Å². The quantitative estimate of drug-likeness (QED) is 0.863. The molecule has 0 heterocycles. The topological polar surface area (TPSA) is 40.5 Å². The highest BCUT2D eigenvalue weighted by Gasteiger charge is 2.23. The largest absolute Gasteiger partial charge is 0.396 e. The number of hydrogen-bond acceptors (Lipinski definition) is 2. The first-order valence-electron chi connectivity index (χ1n) is 6.59. The van der Waals surface area contributed by atoms with Crippen molar-refractivity contribution < 1.29 is 10.2 Å². The van der Waals surface area contributed by atoms with Crippen molar-refractivity contribution in [3.63, 3.8) is 0 Å². The van der Waals surface area contributed by atoms with Crippen LogP contribution in [0.25, 0.3) is 0 Å². The number of benzene rings is 2. The van der Waals surface area contributed by atoms with Crippen LogP contribution in [0.15, 0.2) is 54.6 Å². The molecule has 19 heavy (non-hydrogen) atoms. The van der Waals surface area contributed by atoms with Gasteiger partial charge in [0.05, 0.1) is 0 Å². The van der Waals surface area contributed by atoms with Crippen LogP contribution < -0.4 is 0 Å². The van der Waals surface area contributed by atoms with E-state index >= 15 is 0 Å². The Kier molecular flexibility index (Phi) is 4.72. The van der Waals surface area contributed by atoms with Crippen LogP contribution in [-0.4, -0.2) is 23.4 Å². The second kappa shape index (κ2) is 6.50. The first kappa shape index (κ1) is 13.8.